The predicted octanol–water partition coefficient (Wildman–Crippen LogP) is 1.89. The lowest BCUT2D eigenvalue weighted by molar-refractivity contribution is -0.142. The molecule has 2 atom stereocenters. The summed E-state index contributed by atoms with van der Waals surface area (Å²) in [5.74, 6) is -0.120. The van der Waals surface area contributed by atoms with E-state index in [1.165, 1.54) is 0 Å². The van der Waals surface area contributed by atoms with Crippen LogP contribution in [0.4, 0.5) is 0 Å². The molecule has 2 rings (SSSR count). The molecule has 0 spiro atoms. The lowest BCUT2D eigenvalue weighted by Crippen LogP contribution is -2.51. The third kappa shape index (κ3) is 4.31. The molecular formula is C17H24N2O3. The zero-order chi connectivity index (χ0) is 15.9. The van der Waals surface area contributed by atoms with Gasteiger partial charge in [-0.15, -0.1) is 0 Å². The maximum absolute atomic E-state index is 12.5. The van der Waals surface area contributed by atoms with E-state index >= 15 is 0 Å². The molecule has 1 aliphatic heterocycles. The monoisotopic (exact) mass is 304 g/mol. The number of carbonyl (C=O) groups excluding carboxylic acids is 2. The number of amides is 2. The highest BCUT2D eigenvalue weighted by molar-refractivity contribution is 5.87. The van der Waals surface area contributed by atoms with Crippen LogP contribution in [0.5, 0.6) is 0 Å². The van der Waals surface area contributed by atoms with Crippen LogP contribution in [0.25, 0.3) is 0 Å². The Morgan fingerprint density at radius 2 is 2.09 bits per heavy atom. The topological polar surface area (TPSA) is 58.6 Å². The third-order valence-electron chi connectivity index (χ3n) is 3.77. The highest BCUT2D eigenvalue weighted by Crippen LogP contribution is 2.22. The summed E-state index contributed by atoms with van der Waals surface area (Å²) in [7, 11) is 0. The molecule has 1 aliphatic rings. The summed E-state index contributed by atoms with van der Waals surface area (Å²) in [5, 5.41) is 2.76. The Kier molecular flexibility index (Phi) is 5.95. The maximum atomic E-state index is 12.5. The lowest BCUT2D eigenvalue weighted by Gasteiger charge is -2.34. The van der Waals surface area contributed by atoms with Crippen molar-refractivity contribution in [1.29, 1.82) is 0 Å². The summed E-state index contributed by atoms with van der Waals surface area (Å²) in [5.41, 5.74) is 1.07. The third-order valence-corrected chi connectivity index (χ3v) is 3.77. The van der Waals surface area contributed by atoms with Gasteiger partial charge < -0.3 is 15.0 Å². The van der Waals surface area contributed by atoms with Gasteiger partial charge in [-0.25, -0.2) is 0 Å². The Hall–Kier alpha value is -1.88. The van der Waals surface area contributed by atoms with Crippen molar-refractivity contribution in [2.24, 2.45) is 0 Å². The molecule has 5 heteroatoms. The van der Waals surface area contributed by atoms with Crippen LogP contribution >= 0.6 is 0 Å². The minimum atomic E-state index is -0.492. The van der Waals surface area contributed by atoms with Crippen LogP contribution < -0.4 is 5.32 Å². The average molecular weight is 304 g/mol. The molecule has 1 N–H and O–H groups in total. The highest BCUT2D eigenvalue weighted by Gasteiger charge is 2.28. The van der Waals surface area contributed by atoms with Gasteiger partial charge in [-0.2, -0.15) is 0 Å². The largest absolute Gasteiger partial charge is 0.370 e. The van der Waals surface area contributed by atoms with Crippen molar-refractivity contribution >= 4 is 11.8 Å². The molecule has 1 fully saturated rings. The molecule has 1 heterocycles. The van der Waals surface area contributed by atoms with Crippen molar-refractivity contribution in [3.63, 3.8) is 0 Å². The van der Waals surface area contributed by atoms with Gasteiger partial charge in [0.2, 0.25) is 11.8 Å². The van der Waals surface area contributed by atoms with E-state index in [-0.39, 0.29) is 17.9 Å². The second-order valence-electron chi connectivity index (χ2n) is 5.59. The van der Waals surface area contributed by atoms with Crippen LogP contribution in [0.1, 0.15) is 38.4 Å². The molecular weight excluding hydrogens is 280 g/mol. The van der Waals surface area contributed by atoms with Gasteiger partial charge >= 0.3 is 0 Å². The van der Waals surface area contributed by atoms with E-state index < -0.39 is 6.04 Å². The maximum Gasteiger partial charge on any atom is 0.245 e. The van der Waals surface area contributed by atoms with Crippen LogP contribution in [-0.4, -0.2) is 42.5 Å². The lowest BCUT2D eigenvalue weighted by atomic mass is 10.1. The van der Waals surface area contributed by atoms with Crippen molar-refractivity contribution in [3.8, 4) is 0 Å². The number of carbonyl (C=O) groups is 2. The number of ether oxygens (including phenoxy) is 1. The molecule has 1 aromatic carbocycles. The van der Waals surface area contributed by atoms with Crippen LogP contribution in [-0.2, 0) is 14.3 Å². The van der Waals surface area contributed by atoms with Crippen LogP contribution in [0.2, 0.25) is 0 Å². The number of nitrogens with zero attached hydrogens (tertiary/aromatic N) is 1. The van der Waals surface area contributed by atoms with Crippen molar-refractivity contribution in [2.75, 3.05) is 19.7 Å². The Bertz CT molecular complexity index is 504. The smallest absolute Gasteiger partial charge is 0.245 e. The first-order chi connectivity index (χ1) is 10.6. The van der Waals surface area contributed by atoms with E-state index in [1.54, 1.807) is 11.8 Å². The molecule has 120 valence electrons. The summed E-state index contributed by atoms with van der Waals surface area (Å²) in [6, 6.07) is 9.41. The fraction of sp³-hybridized carbons (Fsp3) is 0.529. The van der Waals surface area contributed by atoms with Gasteiger partial charge in [-0.05, 0) is 18.9 Å². The summed E-state index contributed by atoms with van der Waals surface area (Å²) >= 11 is 0. The van der Waals surface area contributed by atoms with Gasteiger partial charge in [0.05, 0.1) is 13.2 Å². The molecule has 1 unspecified atom stereocenters. The predicted molar refractivity (Wildman–Crippen MR) is 84.2 cm³/mol. The van der Waals surface area contributed by atoms with Gasteiger partial charge in [0.1, 0.15) is 12.1 Å². The number of morpholine rings is 1. The Labute approximate surface area is 131 Å². The van der Waals surface area contributed by atoms with E-state index in [1.807, 2.05) is 37.3 Å². The quantitative estimate of drug-likeness (QED) is 0.904. The second kappa shape index (κ2) is 7.94. The van der Waals surface area contributed by atoms with Crippen LogP contribution in [0.15, 0.2) is 30.3 Å². The average Bonchev–Trinajstić information content (AvgIpc) is 2.55. The summed E-state index contributed by atoms with van der Waals surface area (Å²) in [4.78, 5) is 25.9. The van der Waals surface area contributed by atoms with Crippen molar-refractivity contribution in [1.82, 2.24) is 10.2 Å². The van der Waals surface area contributed by atoms with Crippen molar-refractivity contribution < 1.29 is 14.3 Å². The fourth-order valence-corrected chi connectivity index (χ4v) is 2.60. The van der Waals surface area contributed by atoms with Gasteiger partial charge in [0, 0.05) is 13.0 Å². The summed E-state index contributed by atoms with van der Waals surface area (Å²) in [6.45, 7) is 5.29. The van der Waals surface area contributed by atoms with Crippen molar-refractivity contribution in [2.45, 2.75) is 38.8 Å². The molecule has 1 saturated heterocycles. The fourth-order valence-electron chi connectivity index (χ4n) is 2.60. The molecule has 0 aromatic heterocycles. The molecule has 0 radical (unpaired) electrons. The zero-order valence-corrected chi connectivity index (χ0v) is 13.2. The number of nitrogens with one attached hydrogen (secondary N) is 1. The SMILES string of the molecule is CCCC(=O)N[C@H](C)C(=O)N1CCOC(c2ccccc2)C1. The number of benzene rings is 1. The van der Waals surface area contributed by atoms with E-state index in [2.05, 4.69) is 5.32 Å². The number of hydrogen-bond acceptors (Lipinski definition) is 3. The first-order valence-electron chi connectivity index (χ1n) is 7.86. The molecule has 0 bridgehead atoms. The standard InChI is InChI=1S/C17H24N2O3/c1-3-7-16(20)18-13(2)17(21)19-10-11-22-15(12-19)14-8-5-4-6-9-14/h4-6,8-9,13,15H,3,7,10-12H2,1-2H3,(H,18,20)/t13-,15?/m1/s1. The highest BCUT2D eigenvalue weighted by atomic mass is 16.5. The van der Waals surface area contributed by atoms with Crippen molar-refractivity contribution in [3.05, 3.63) is 35.9 Å². The van der Waals surface area contributed by atoms with Gasteiger partial charge in [-0.3, -0.25) is 9.59 Å². The second-order valence-corrected chi connectivity index (χ2v) is 5.59. The molecule has 0 aliphatic carbocycles. The van der Waals surface area contributed by atoms with Gasteiger partial charge in [0.25, 0.3) is 0 Å². The van der Waals surface area contributed by atoms with Crippen LogP contribution in [0.3, 0.4) is 0 Å². The molecule has 2 amide bonds. The minimum Gasteiger partial charge on any atom is -0.370 e. The Morgan fingerprint density at radius 1 is 1.36 bits per heavy atom. The number of rotatable bonds is 5. The zero-order valence-electron chi connectivity index (χ0n) is 13.2. The van der Waals surface area contributed by atoms with Gasteiger partial charge in [-0.1, -0.05) is 37.3 Å². The van der Waals surface area contributed by atoms with E-state index in [9.17, 15) is 9.59 Å². The van der Waals surface area contributed by atoms with E-state index in [0.717, 1.165) is 12.0 Å². The molecule has 0 saturated carbocycles. The van der Waals surface area contributed by atoms with Crippen LogP contribution in [0, 0.1) is 0 Å². The minimum absolute atomic E-state index is 0.0475. The Balaban J connectivity index is 1.94. The van der Waals surface area contributed by atoms with E-state index in [0.29, 0.717) is 26.1 Å². The first-order valence-corrected chi connectivity index (χ1v) is 7.86. The number of hydrogen-bond donors (Lipinski definition) is 1. The summed E-state index contributed by atoms with van der Waals surface area (Å²) in [6.07, 6.45) is 1.13. The molecule has 1 aromatic rings. The summed E-state index contributed by atoms with van der Waals surface area (Å²) < 4.78 is 5.76. The normalized spacial score (nSPS) is 19.5. The van der Waals surface area contributed by atoms with Gasteiger partial charge in [0.15, 0.2) is 0 Å². The van der Waals surface area contributed by atoms with E-state index in [4.69, 9.17) is 4.74 Å². The first kappa shape index (κ1) is 16.5. The molecule has 22 heavy (non-hydrogen) atoms. The molecule has 5 nitrogen and oxygen atoms in total. The Morgan fingerprint density at radius 3 is 2.77 bits per heavy atom.